The molecular weight excluding hydrogens is 274 g/mol. The van der Waals surface area contributed by atoms with Gasteiger partial charge in [-0.3, -0.25) is 4.79 Å². The van der Waals surface area contributed by atoms with Gasteiger partial charge in [-0.15, -0.1) is 0 Å². The minimum absolute atomic E-state index is 0.0348. The van der Waals surface area contributed by atoms with Gasteiger partial charge in [0.2, 0.25) is 0 Å². The van der Waals surface area contributed by atoms with Gasteiger partial charge in [-0.25, -0.2) is 4.79 Å². The van der Waals surface area contributed by atoms with Gasteiger partial charge in [0.15, 0.2) is 0 Å². The molecule has 6 heteroatoms. The number of hydrogen-bond donors (Lipinski definition) is 2. The lowest BCUT2D eigenvalue weighted by atomic mass is 10.2. The van der Waals surface area contributed by atoms with E-state index in [9.17, 15) is 14.7 Å². The Morgan fingerprint density at radius 1 is 1.24 bits per heavy atom. The van der Waals surface area contributed by atoms with E-state index in [2.05, 4.69) is 5.32 Å². The van der Waals surface area contributed by atoms with E-state index in [1.54, 1.807) is 6.92 Å². The van der Waals surface area contributed by atoms with Gasteiger partial charge < -0.3 is 19.9 Å². The zero-order chi connectivity index (χ0) is 15.5. The summed E-state index contributed by atoms with van der Waals surface area (Å²) in [7, 11) is 0. The SMILES string of the molecule is CCOC(=O)CCC(O)CNC(=O)OCc1ccccc1. The number of esters is 1. The Morgan fingerprint density at radius 2 is 1.95 bits per heavy atom. The Labute approximate surface area is 124 Å². The van der Waals surface area contributed by atoms with E-state index in [0.29, 0.717) is 6.61 Å². The lowest BCUT2D eigenvalue weighted by Gasteiger charge is -2.11. The molecule has 0 bridgehead atoms. The summed E-state index contributed by atoms with van der Waals surface area (Å²) in [6, 6.07) is 9.29. The van der Waals surface area contributed by atoms with E-state index in [0.717, 1.165) is 5.56 Å². The Morgan fingerprint density at radius 3 is 2.62 bits per heavy atom. The van der Waals surface area contributed by atoms with E-state index in [4.69, 9.17) is 9.47 Å². The molecule has 0 heterocycles. The standard InChI is InChI=1S/C15H21NO5/c1-2-20-14(18)9-8-13(17)10-16-15(19)21-11-12-6-4-3-5-7-12/h3-7,13,17H,2,8-11H2,1H3,(H,16,19). The fourth-order valence-corrected chi connectivity index (χ4v) is 1.59. The molecule has 1 amide bonds. The summed E-state index contributed by atoms with van der Waals surface area (Å²) in [4.78, 5) is 22.5. The van der Waals surface area contributed by atoms with Crippen LogP contribution >= 0.6 is 0 Å². The molecule has 0 radical (unpaired) electrons. The predicted molar refractivity (Wildman–Crippen MR) is 76.5 cm³/mol. The molecule has 0 fully saturated rings. The van der Waals surface area contributed by atoms with Crippen LogP contribution in [-0.4, -0.2) is 36.4 Å². The highest BCUT2D eigenvalue weighted by Gasteiger charge is 2.11. The number of rotatable bonds is 8. The second-order valence-electron chi connectivity index (χ2n) is 4.44. The second-order valence-corrected chi connectivity index (χ2v) is 4.44. The number of carbonyl (C=O) groups excluding carboxylic acids is 2. The maximum absolute atomic E-state index is 11.4. The van der Waals surface area contributed by atoms with Crippen molar-refractivity contribution in [1.82, 2.24) is 5.32 Å². The van der Waals surface area contributed by atoms with Crippen molar-refractivity contribution in [3.05, 3.63) is 35.9 Å². The van der Waals surface area contributed by atoms with Crippen LogP contribution in [-0.2, 0) is 20.9 Å². The van der Waals surface area contributed by atoms with Crippen molar-refractivity contribution in [2.24, 2.45) is 0 Å². The monoisotopic (exact) mass is 295 g/mol. The van der Waals surface area contributed by atoms with Gasteiger partial charge >= 0.3 is 12.1 Å². The fourth-order valence-electron chi connectivity index (χ4n) is 1.59. The summed E-state index contributed by atoms with van der Waals surface area (Å²) in [5, 5.41) is 12.1. The van der Waals surface area contributed by atoms with Crippen LogP contribution in [0.5, 0.6) is 0 Å². The Balaban J connectivity index is 2.13. The molecule has 0 aliphatic carbocycles. The first-order valence-electron chi connectivity index (χ1n) is 6.90. The lowest BCUT2D eigenvalue weighted by molar-refractivity contribution is -0.143. The van der Waals surface area contributed by atoms with Crippen molar-refractivity contribution in [3.63, 3.8) is 0 Å². The molecule has 0 saturated carbocycles. The first-order valence-corrected chi connectivity index (χ1v) is 6.90. The smallest absolute Gasteiger partial charge is 0.407 e. The molecule has 0 aromatic heterocycles. The predicted octanol–water partition coefficient (Wildman–Crippen LogP) is 1.62. The van der Waals surface area contributed by atoms with E-state index in [1.165, 1.54) is 0 Å². The van der Waals surface area contributed by atoms with Crippen molar-refractivity contribution in [1.29, 1.82) is 0 Å². The normalized spacial score (nSPS) is 11.5. The van der Waals surface area contributed by atoms with Crippen LogP contribution in [0.25, 0.3) is 0 Å². The third-order valence-corrected chi connectivity index (χ3v) is 2.68. The summed E-state index contributed by atoms with van der Waals surface area (Å²) >= 11 is 0. The number of aliphatic hydroxyl groups excluding tert-OH is 1. The van der Waals surface area contributed by atoms with Crippen LogP contribution in [0.2, 0.25) is 0 Å². The van der Waals surface area contributed by atoms with Gasteiger partial charge in [0.25, 0.3) is 0 Å². The molecule has 21 heavy (non-hydrogen) atoms. The zero-order valence-electron chi connectivity index (χ0n) is 12.1. The number of carbonyl (C=O) groups is 2. The minimum Gasteiger partial charge on any atom is -0.466 e. The largest absolute Gasteiger partial charge is 0.466 e. The number of benzene rings is 1. The molecule has 0 spiro atoms. The number of hydrogen-bond acceptors (Lipinski definition) is 5. The molecule has 2 N–H and O–H groups in total. The molecule has 0 saturated heterocycles. The second kappa shape index (κ2) is 9.77. The van der Waals surface area contributed by atoms with Gasteiger partial charge in [0, 0.05) is 13.0 Å². The van der Waals surface area contributed by atoms with Crippen LogP contribution in [0.4, 0.5) is 4.79 Å². The third kappa shape index (κ3) is 7.94. The Kier molecular flexibility index (Phi) is 7.89. The summed E-state index contributed by atoms with van der Waals surface area (Å²) in [6.07, 6.45) is -1.05. The van der Waals surface area contributed by atoms with Crippen LogP contribution < -0.4 is 5.32 Å². The molecule has 0 aliphatic heterocycles. The maximum Gasteiger partial charge on any atom is 0.407 e. The van der Waals surface area contributed by atoms with E-state index in [1.807, 2.05) is 30.3 Å². The molecule has 1 rings (SSSR count). The van der Waals surface area contributed by atoms with Crippen molar-refractivity contribution in [2.75, 3.05) is 13.2 Å². The summed E-state index contributed by atoms with van der Waals surface area (Å²) in [5.74, 6) is -0.358. The average molecular weight is 295 g/mol. The molecule has 6 nitrogen and oxygen atoms in total. The Bertz CT molecular complexity index is 435. The lowest BCUT2D eigenvalue weighted by Crippen LogP contribution is -2.32. The van der Waals surface area contributed by atoms with Crippen molar-refractivity contribution >= 4 is 12.1 Å². The van der Waals surface area contributed by atoms with Crippen molar-refractivity contribution in [3.8, 4) is 0 Å². The van der Waals surface area contributed by atoms with E-state index in [-0.39, 0.29) is 32.0 Å². The van der Waals surface area contributed by atoms with Gasteiger partial charge in [-0.1, -0.05) is 30.3 Å². The highest BCUT2D eigenvalue weighted by atomic mass is 16.5. The molecular formula is C15H21NO5. The first-order chi connectivity index (χ1) is 10.1. The quantitative estimate of drug-likeness (QED) is 0.712. The molecule has 116 valence electrons. The summed E-state index contributed by atoms with van der Waals surface area (Å²) in [6.45, 7) is 2.25. The van der Waals surface area contributed by atoms with E-state index < -0.39 is 12.2 Å². The van der Waals surface area contributed by atoms with Crippen molar-refractivity contribution in [2.45, 2.75) is 32.5 Å². The molecule has 1 aromatic carbocycles. The van der Waals surface area contributed by atoms with Gasteiger partial charge in [0.1, 0.15) is 6.61 Å². The molecule has 1 unspecified atom stereocenters. The zero-order valence-corrected chi connectivity index (χ0v) is 12.1. The van der Waals surface area contributed by atoms with Crippen LogP contribution in [0.1, 0.15) is 25.3 Å². The number of nitrogens with one attached hydrogen (secondary N) is 1. The maximum atomic E-state index is 11.4. The molecule has 1 atom stereocenters. The van der Waals surface area contributed by atoms with Crippen LogP contribution in [0.15, 0.2) is 30.3 Å². The van der Waals surface area contributed by atoms with Crippen LogP contribution in [0.3, 0.4) is 0 Å². The van der Waals surface area contributed by atoms with E-state index >= 15 is 0 Å². The highest BCUT2D eigenvalue weighted by molar-refractivity contribution is 5.69. The highest BCUT2D eigenvalue weighted by Crippen LogP contribution is 2.01. The average Bonchev–Trinajstić information content (AvgIpc) is 2.50. The van der Waals surface area contributed by atoms with Crippen LogP contribution in [0, 0.1) is 0 Å². The molecule has 0 aliphatic rings. The van der Waals surface area contributed by atoms with Gasteiger partial charge in [0.05, 0.1) is 12.7 Å². The summed E-state index contributed by atoms with van der Waals surface area (Å²) in [5.41, 5.74) is 0.885. The number of alkyl carbamates (subject to hydrolysis) is 1. The van der Waals surface area contributed by atoms with Gasteiger partial charge in [-0.2, -0.15) is 0 Å². The summed E-state index contributed by atoms with van der Waals surface area (Å²) < 4.78 is 9.73. The first kappa shape index (κ1) is 17.0. The number of amides is 1. The fraction of sp³-hybridized carbons (Fsp3) is 0.467. The topological polar surface area (TPSA) is 84.9 Å². The third-order valence-electron chi connectivity index (χ3n) is 2.68. The van der Waals surface area contributed by atoms with Crippen molar-refractivity contribution < 1.29 is 24.2 Å². The minimum atomic E-state index is -0.807. The number of aliphatic hydroxyl groups is 1. The Hall–Kier alpha value is -2.08. The van der Waals surface area contributed by atoms with Gasteiger partial charge in [-0.05, 0) is 18.9 Å². The molecule has 1 aromatic rings. The number of ether oxygens (including phenoxy) is 2.